The van der Waals surface area contributed by atoms with Crippen molar-refractivity contribution >= 4 is 38.0 Å². The summed E-state index contributed by atoms with van der Waals surface area (Å²) < 4.78 is 83.5. The lowest BCUT2D eigenvalue weighted by Crippen LogP contribution is -2.14. The fraction of sp³-hybridized carbons (Fsp3) is 0.278. The fourth-order valence-corrected chi connectivity index (χ4v) is 5.18. The van der Waals surface area contributed by atoms with E-state index in [-0.39, 0.29) is 12.7 Å². The molecular weight excluding hydrogens is 426 g/mol. The van der Waals surface area contributed by atoms with Gasteiger partial charge >= 0.3 is 18.3 Å². The van der Waals surface area contributed by atoms with Gasteiger partial charge in [0, 0.05) is 10.3 Å². The highest BCUT2D eigenvalue weighted by atomic mass is 32.2. The molecule has 2 heterocycles. The van der Waals surface area contributed by atoms with Gasteiger partial charge in [-0.2, -0.15) is 26.3 Å². The van der Waals surface area contributed by atoms with Crippen molar-refractivity contribution in [2.24, 2.45) is 0 Å². The lowest BCUT2D eigenvalue weighted by molar-refractivity contribution is -0.143. The first kappa shape index (κ1) is 20.7. The molecule has 0 saturated carbocycles. The topological polar surface area (TPSA) is 26.3 Å². The van der Waals surface area contributed by atoms with Crippen LogP contribution in [0.1, 0.15) is 37.5 Å². The molecule has 3 rings (SSSR count). The normalized spacial score (nSPS) is 12.6. The molecule has 2 nitrogen and oxygen atoms in total. The summed E-state index contributed by atoms with van der Waals surface area (Å²) in [5, 5.41) is 3.00. The van der Waals surface area contributed by atoms with Gasteiger partial charge in [0.25, 0.3) is 0 Å². The SMILES string of the molecule is Cc1csc2sc(COC(=O)c3cc(C(F)(F)F)cc(C(F)(F)F)c3)c(C)c12. The van der Waals surface area contributed by atoms with Gasteiger partial charge in [0.1, 0.15) is 6.61 Å². The highest BCUT2D eigenvalue weighted by molar-refractivity contribution is 7.37. The summed E-state index contributed by atoms with van der Waals surface area (Å²) in [5.74, 6) is -1.25. The van der Waals surface area contributed by atoms with Crippen LogP contribution in [-0.4, -0.2) is 5.97 Å². The van der Waals surface area contributed by atoms with E-state index in [1.54, 1.807) is 0 Å². The number of halogens is 6. The number of benzene rings is 1. The molecule has 0 bridgehead atoms. The van der Waals surface area contributed by atoms with Gasteiger partial charge in [-0.3, -0.25) is 0 Å². The Kier molecular flexibility index (Phi) is 5.22. The third-order valence-corrected chi connectivity index (χ3v) is 6.60. The first-order chi connectivity index (χ1) is 12.9. The molecule has 0 aliphatic carbocycles. The quantitative estimate of drug-likeness (QED) is 0.326. The van der Waals surface area contributed by atoms with Crippen molar-refractivity contribution < 1.29 is 35.9 Å². The summed E-state index contributed by atoms with van der Waals surface area (Å²) in [4.78, 5) is 12.9. The Balaban J connectivity index is 1.88. The van der Waals surface area contributed by atoms with Crippen LogP contribution in [0.4, 0.5) is 26.3 Å². The molecule has 0 unspecified atom stereocenters. The van der Waals surface area contributed by atoms with E-state index >= 15 is 0 Å². The molecule has 0 aliphatic rings. The van der Waals surface area contributed by atoms with Gasteiger partial charge in [-0.1, -0.05) is 0 Å². The number of hydrogen-bond acceptors (Lipinski definition) is 4. The molecular formula is C18H12F6O2S2. The number of fused-ring (bicyclic) bond motifs is 1. The van der Waals surface area contributed by atoms with E-state index in [0.717, 1.165) is 20.5 Å². The zero-order chi connectivity index (χ0) is 20.9. The van der Waals surface area contributed by atoms with E-state index in [9.17, 15) is 31.1 Å². The van der Waals surface area contributed by atoms with Crippen molar-refractivity contribution in [1.29, 1.82) is 0 Å². The first-order valence-corrected chi connectivity index (χ1v) is 9.50. The highest BCUT2D eigenvalue weighted by Gasteiger charge is 2.37. The van der Waals surface area contributed by atoms with Crippen LogP contribution in [0, 0.1) is 13.8 Å². The lowest BCUT2D eigenvalue weighted by atomic mass is 10.0. The molecule has 150 valence electrons. The molecule has 0 aliphatic heterocycles. The molecule has 0 saturated heterocycles. The predicted molar refractivity (Wildman–Crippen MR) is 94.7 cm³/mol. The van der Waals surface area contributed by atoms with Crippen molar-refractivity contribution in [3.63, 3.8) is 0 Å². The van der Waals surface area contributed by atoms with E-state index < -0.39 is 35.0 Å². The summed E-state index contributed by atoms with van der Waals surface area (Å²) in [6, 6.07) is 0.695. The molecule has 0 amide bonds. The standard InChI is InChI=1S/C18H12F6O2S2/c1-8-7-27-16-14(8)9(2)13(28-16)6-26-15(25)10-3-11(17(19,20)21)5-12(4-10)18(22,23)24/h3-5,7H,6H2,1-2H3. The van der Waals surface area contributed by atoms with E-state index in [4.69, 9.17) is 4.74 Å². The monoisotopic (exact) mass is 438 g/mol. The Hall–Kier alpha value is -2.07. The van der Waals surface area contributed by atoms with E-state index in [1.807, 2.05) is 19.2 Å². The summed E-state index contributed by atoms with van der Waals surface area (Å²) in [6.45, 7) is 3.52. The maximum Gasteiger partial charge on any atom is 0.416 e. The van der Waals surface area contributed by atoms with Crippen LogP contribution in [0.15, 0.2) is 23.6 Å². The fourth-order valence-electron chi connectivity index (χ4n) is 2.70. The van der Waals surface area contributed by atoms with Gasteiger partial charge in [0.05, 0.1) is 20.7 Å². The van der Waals surface area contributed by atoms with Gasteiger partial charge in [0.2, 0.25) is 0 Å². The minimum absolute atomic E-state index is 0.0307. The Bertz CT molecular complexity index is 1010. The number of hydrogen-bond donors (Lipinski definition) is 0. The predicted octanol–water partition coefficient (Wildman–Crippen LogP) is 6.97. The largest absolute Gasteiger partial charge is 0.456 e. The van der Waals surface area contributed by atoms with Crippen LogP contribution >= 0.6 is 22.7 Å². The Morgan fingerprint density at radius 3 is 2.07 bits per heavy atom. The van der Waals surface area contributed by atoms with Crippen LogP contribution in [0.25, 0.3) is 9.40 Å². The molecule has 0 radical (unpaired) electrons. The zero-order valence-electron chi connectivity index (χ0n) is 14.4. The number of carbonyl (C=O) groups is 1. The van der Waals surface area contributed by atoms with E-state index in [1.165, 1.54) is 22.7 Å². The number of rotatable bonds is 3. The van der Waals surface area contributed by atoms with E-state index in [0.29, 0.717) is 17.0 Å². The second kappa shape index (κ2) is 7.07. The van der Waals surface area contributed by atoms with Crippen molar-refractivity contribution in [3.8, 4) is 0 Å². The minimum atomic E-state index is -5.03. The van der Waals surface area contributed by atoms with Crippen LogP contribution in [-0.2, 0) is 23.7 Å². The number of esters is 1. The molecule has 0 fully saturated rings. The Morgan fingerprint density at radius 2 is 1.57 bits per heavy atom. The number of carbonyl (C=O) groups excluding carboxylic acids is 1. The zero-order valence-corrected chi connectivity index (χ0v) is 16.1. The maximum atomic E-state index is 12.9. The second-order valence-corrected chi connectivity index (χ2v) is 8.35. The molecule has 28 heavy (non-hydrogen) atoms. The molecule has 1 aromatic carbocycles. The lowest BCUT2D eigenvalue weighted by Gasteiger charge is -2.14. The number of aryl methyl sites for hydroxylation is 2. The summed E-state index contributed by atoms with van der Waals surface area (Å²) in [6.07, 6.45) is -10.1. The number of alkyl halides is 6. The van der Waals surface area contributed by atoms with Gasteiger partial charge in [-0.25, -0.2) is 4.79 Å². The summed E-state index contributed by atoms with van der Waals surface area (Å²) in [5.41, 5.74) is -1.98. The molecule has 10 heteroatoms. The Morgan fingerprint density at radius 1 is 1.00 bits per heavy atom. The molecule has 3 aromatic rings. The second-order valence-electron chi connectivity index (χ2n) is 6.10. The molecule has 0 spiro atoms. The molecule has 0 atom stereocenters. The van der Waals surface area contributed by atoms with Crippen LogP contribution in [0.5, 0.6) is 0 Å². The van der Waals surface area contributed by atoms with Gasteiger partial charge in [-0.05, 0) is 48.6 Å². The maximum absolute atomic E-state index is 12.9. The van der Waals surface area contributed by atoms with Crippen LogP contribution < -0.4 is 0 Å². The third-order valence-electron chi connectivity index (χ3n) is 4.11. The van der Waals surface area contributed by atoms with Gasteiger partial charge < -0.3 is 4.74 Å². The minimum Gasteiger partial charge on any atom is -0.456 e. The molecule has 2 aromatic heterocycles. The smallest absolute Gasteiger partial charge is 0.416 e. The van der Waals surface area contributed by atoms with Crippen LogP contribution in [0.3, 0.4) is 0 Å². The summed E-state index contributed by atoms with van der Waals surface area (Å²) >= 11 is 2.89. The van der Waals surface area contributed by atoms with Crippen molar-refractivity contribution in [1.82, 2.24) is 0 Å². The van der Waals surface area contributed by atoms with Crippen molar-refractivity contribution in [2.45, 2.75) is 32.8 Å². The number of thiophene rings is 2. The van der Waals surface area contributed by atoms with E-state index in [2.05, 4.69) is 0 Å². The number of ether oxygens (including phenoxy) is 1. The average molecular weight is 438 g/mol. The Labute approximate surface area is 163 Å². The summed E-state index contributed by atoms with van der Waals surface area (Å²) in [7, 11) is 0. The van der Waals surface area contributed by atoms with Crippen molar-refractivity contribution in [2.75, 3.05) is 0 Å². The first-order valence-electron chi connectivity index (χ1n) is 7.80. The van der Waals surface area contributed by atoms with Crippen LogP contribution in [0.2, 0.25) is 0 Å². The van der Waals surface area contributed by atoms with Gasteiger partial charge in [0.15, 0.2) is 0 Å². The van der Waals surface area contributed by atoms with Crippen molar-refractivity contribution in [3.05, 3.63) is 56.3 Å². The average Bonchev–Trinajstić information content (AvgIpc) is 3.11. The molecule has 0 N–H and O–H groups in total. The third kappa shape index (κ3) is 4.02. The van der Waals surface area contributed by atoms with Gasteiger partial charge in [-0.15, -0.1) is 22.7 Å². The highest BCUT2D eigenvalue weighted by Crippen LogP contribution is 2.39.